The van der Waals surface area contributed by atoms with E-state index in [1.165, 1.54) is 53.5 Å². The summed E-state index contributed by atoms with van der Waals surface area (Å²) in [6.07, 6.45) is -6.80. The average Bonchev–Trinajstić information content (AvgIpc) is 4.03. The molecule has 8 aliphatic rings. The highest BCUT2D eigenvalue weighted by atomic mass is 32.4. The summed E-state index contributed by atoms with van der Waals surface area (Å²) in [5.74, 6) is -1.02. The van der Waals surface area contributed by atoms with Gasteiger partial charge in [0, 0.05) is 51.1 Å². The molecule has 288 valence electrons. The number of carbonyl (C=O) groups excluding carboxylic acids is 1. The maximum atomic E-state index is 13.4. The predicted octanol–water partition coefficient (Wildman–Crippen LogP) is 1.50. The lowest BCUT2D eigenvalue weighted by Crippen LogP contribution is -2.63. The summed E-state index contributed by atoms with van der Waals surface area (Å²) < 4.78 is 59.0. The van der Waals surface area contributed by atoms with Crippen molar-refractivity contribution in [2.24, 2.45) is 11.8 Å². The van der Waals surface area contributed by atoms with Crippen LogP contribution in [-0.2, 0) is 40.3 Å². The number of rotatable bonds is 8. The fourth-order valence-corrected chi connectivity index (χ4v) is 12.6. The van der Waals surface area contributed by atoms with Crippen LogP contribution in [0.25, 0.3) is 0 Å². The topological polar surface area (TPSA) is 170 Å². The third-order valence-electron chi connectivity index (χ3n) is 11.1. The second-order valence-electron chi connectivity index (χ2n) is 14.4. The zero-order valence-corrected chi connectivity index (χ0v) is 31.3. The van der Waals surface area contributed by atoms with Crippen LogP contribution in [-0.4, -0.2) is 146 Å². The Kier molecular flexibility index (Phi) is 9.30. The molecular formula is C35H44N3O13PS. The van der Waals surface area contributed by atoms with Crippen molar-refractivity contribution in [1.29, 1.82) is 0 Å². The zero-order chi connectivity index (χ0) is 36.8. The highest BCUT2D eigenvalue weighted by Gasteiger charge is 2.56. The Hall–Kier alpha value is -2.80. The molecule has 0 saturated carbocycles. The number of ether oxygens (including phenoxy) is 9. The Morgan fingerprint density at radius 2 is 1.43 bits per heavy atom. The van der Waals surface area contributed by atoms with Crippen LogP contribution in [0, 0.1) is 11.8 Å². The van der Waals surface area contributed by atoms with Gasteiger partial charge in [-0.25, -0.2) is 14.0 Å². The Morgan fingerprint density at radius 1 is 0.830 bits per heavy atom. The van der Waals surface area contributed by atoms with Gasteiger partial charge >= 0.3 is 5.97 Å². The number of hydrogen-bond acceptors (Lipinski definition) is 14. The van der Waals surface area contributed by atoms with Gasteiger partial charge in [0.05, 0.1) is 39.5 Å². The molecule has 7 heterocycles. The van der Waals surface area contributed by atoms with Crippen molar-refractivity contribution < 1.29 is 62.7 Å². The molecule has 2 aromatic carbocycles. The number of cyclic esters (lactones) is 1. The van der Waals surface area contributed by atoms with Crippen LogP contribution in [0.1, 0.15) is 35.6 Å². The summed E-state index contributed by atoms with van der Waals surface area (Å²) in [4.78, 5) is 13.4. The fourth-order valence-electron chi connectivity index (χ4n) is 8.19. The number of aromatic hydroxyl groups is 1. The maximum Gasteiger partial charge on any atom is 0.310 e. The molecule has 10 atom stereocenters. The largest absolute Gasteiger partial charge is 0.502 e. The number of phenols is 1. The molecule has 3 N–H and O–H groups in total. The lowest BCUT2D eigenvalue weighted by Gasteiger charge is -2.47. The molecule has 0 amide bonds. The third kappa shape index (κ3) is 6.27. The molecule has 0 aromatic heterocycles. The summed E-state index contributed by atoms with van der Waals surface area (Å²) in [6.45, 7) is 8.19. The van der Waals surface area contributed by atoms with Gasteiger partial charge in [-0.2, -0.15) is 0 Å². The SMILES string of the molecule is COc1cc([C@@H]2c3cc4c(cc3C(O[C@@H]3O[C@@H]5CO[C@@H](C)O[C@H]5[C@H](O)[C@H]3O)C3COC(=O)[C@@H]32)OCO4)cc(OC)c1O.S=P(N1CC1)(N1CC1)N1CC1. The van der Waals surface area contributed by atoms with Crippen LogP contribution in [0.2, 0.25) is 0 Å². The van der Waals surface area contributed by atoms with E-state index in [0.29, 0.717) is 28.2 Å². The van der Waals surface area contributed by atoms with E-state index in [2.05, 4.69) is 14.0 Å². The van der Waals surface area contributed by atoms with Crippen molar-refractivity contribution in [3.63, 3.8) is 0 Å². The van der Waals surface area contributed by atoms with Crippen LogP contribution >= 0.6 is 6.49 Å². The number of aliphatic hydroxyl groups excluding tert-OH is 2. The van der Waals surface area contributed by atoms with E-state index in [-0.39, 0.29) is 37.3 Å². The van der Waals surface area contributed by atoms with Gasteiger partial charge in [-0.15, -0.1) is 0 Å². The van der Waals surface area contributed by atoms with Crippen LogP contribution in [0.5, 0.6) is 28.7 Å². The summed E-state index contributed by atoms with van der Waals surface area (Å²) in [6, 6.07) is 6.93. The molecular weight excluding hydrogens is 733 g/mol. The third-order valence-corrected chi connectivity index (χ3v) is 16.6. The van der Waals surface area contributed by atoms with E-state index in [4.69, 9.17) is 54.4 Å². The highest BCUT2D eigenvalue weighted by Crippen LogP contribution is 2.65. The number of benzene rings is 2. The molecule has 2 unspecified atom stereocenters. The molecule has 0 radical (unpaired) electrons. The predicted molar refractivity (Wildman–Crippen MR) is 187 cm³/mol. The second kappa shape index (κ2) is 13.7. The molecule has 0 spiro atoms. The van der Waals surface area contributed by atoms with Gasteiger partial charge < -0.3 is 58.0 Å². The smallest absolute Gasteiger partial charge is 0.310 e. The lowest BCUT2D eigenvalue weighted by atomic mass is 9.66. The maximum absolute atomic E-state index is 13.4. The fraction of sp³-hybridized carbons (Fsp3) is 0.629. The molecule has 6 fully saturated rings. The average molecular weight is 778 g/mol. The van der Waals surface area contributed by atoms with Crippen molar-refractivity contribution in [3.05, 3.63) is 41.0 Å². The molecule has 10 rings (SSSR count). The molecule has 2 aromatic rings. The van der Waals surface area contributed by atoms with Gasteiger partial charge in [0.25, 0.3) is 0 Å². The Morgan fingerprint density at radius 3 is 2.02 bits per heavy atom. The number of methoxy groups -OCH3 is 2. The first kappa shape index (κ1) is 35.9. The van der Waals surface area contributed by atoms with E-state index < -0.39 is 73.3 Å². The molecule has 18 heteroatoms. The summed E-state index contributed by atoms with van der Waals surface area (Å²) in [7, 11) is 2.86. The van der Waals surface area contributed by atoms with Crippen molar-refractivity contribution in [3.8, 4) is 28.7 Å². The van der Waals surface area contributed by atoms with E-state index in [9.17, 15) is 20.1 Å². The molecule has 16 nitrogen and oxygen atoms in total. The number of carbonyl (C=O) groups is 1. The molecule has 6 saturated heterocycles. The monoisotopic (exact) mass is 777 g/mol. The van der Waals surface area contributed by atoms with Crippen LogP contribution in [0.15, 0.2) is 24.3 Å². The van der Waals surface area contributed by atoms with Gasteiger partial charge in [-0.3, -0.25) is 4.79 Å². The van der Waals surface area contributed by atoms with Gasteiger partial charge in [-0.05, 0) is 59.7 Å². The Bertz CT molecular complexity index is 1750. The van der Waals surface area contributed by atoms with Crippen molar-refractivity contribution in [2.45, 2.75) is 55.9 Å². The molecule has 0 bridgehead atoms. The van der Waals surface area contributed by atoms with E-state index in [1.807, 2.05) is 0 Å². The van der Waals surface area contributed by atoms with Crippen molar-refractivity contribution in [1.82, 2.24) is 14.0 Å². The minimum absolute atomic E-state index is 0.0301. The van der Waals surface area contributed by atoms with Crippen LogP contribution < -0.4 is 18.9 Å². The number of phenolic OH excluding ortho intramolecular Hbond substituents is 1. The zero-order valence-electron chi connectivity index (χ0n) is 29.6. The standard InChI is InChI=1S/C29H32O13.C6H12N3PS/c1-11-36-9-20-27(40-11)24(31)25(32)29(41-20)42-26-14-7-17-16(38-10-39-17)6-13(14)21(22-15(26)8-37-28(22)33)12-4-18(34-2)23(30)19(5-12)35-3;11-10(7-1-2-7,8-3-4-8)9-5-6-9/h4-7,11,15,20-22,24-27,29-32H,8-10H2,1-3H3;1-6H2/t11-,15?,20-,21-,22+,24-,25-,26?,27-,29+;/m1./s1. The van der Waals surface area contributed by atoms with E-state index >= 15 is 0 Å². The first-order valence-corrected chi connectivity index (χ1v) is 20.6. The number of fused-ring (bicyclic) bond motifs is 4. The van der Waals surface area contributed by atoms with Gasteiger partial charge in [0.2, 0.25) is 12.5 Å². The van der Waals surface area contributed by atoms with Crippen LogP contribution in [0.4, 0.5) is 0 Å². The number of hydrogen-bond donors (Lipinski definition) is 3. The molecule has 1 aliphatic carbocycles. The normalized spacial score (nSPS) is 35.6. The second-order valence-corrected chi connectivity index (χ2v) is 18.6. The number of aliphatic hydroxyl groups is 2. The minimum atomic E-state index is -1.44. The van der Waals surface area contributed by atoms with Gasteiger partial charge in [0.15, 0.2) is 35.6 Å². The van der Waals surface area contributed by atoms with Crippen molar-refractivity contribution in [2.75, 3.05) is 73.5 Å². The first-order valence-electron chi connectivity index (χ1n) is 18.0. The van der Waals surface area contributed by atoms with Crippen LogP contribution in [0.3, 0.4) is 0 Å². The molecule has 7 aliphatic heterocycles. The summed E-state index contributed by atoms with van der Waals surface area (Å²) in [5.41, 5.74) is 2.01. The van der Waals surface area contributed by atoms with Gasteiger partial charge in [-0.1, -0.05) is 0 Å². The number of nitrogens with zero attached hydrogens (tertiary/aromatic N) is 3. The quantitative estimate of drug-likeness (QED) is 0.200. The Balaban J connectivity index is 0.000000285. The van der Waals surface area contributed by atoms with E-state index in [0.717, 1.165) is 0 Å². The highest BCUT2D eigenvalue weighted by molar-refractivity contribution is 8.11. The van der Waals surface area contributed by atoms with Crippen molar-refractivity contribution >= 4 is 24.3 Å². The summed E-state index contributed by atoms with van der Waals surface area (Å²) in [5, 5.41) is 32.5. The molecule has 53 heavy (non-hydrogen) atoms. The Labute approximate surface area is 311 Å². The lowest BCUT2D eigenvalue weighted by molar-refractivity contribution is -0.364. The first-order chi connectivity index (χ1) is 25.6. The number of esters is 1. The van der Waals surface area contributed by atoms with E-state index in [1.54, 1.807) is 31.2 Å². The van der Waals surface area contributed by atoms with Gasteiger partial charge in [0.1, 0.15) is 30.9 Å². The summed E-state index contributed by atoms with van der Waals surface area (Å²) >= 11 is 5.75. The minimum Gasteiger partial charge on any atom is -0.502 e.